The zero-order valence-electron chi connectivity index (χ0n) is 13.9. The van der Waals surface area contributed by atoms with Crippen molar-refractivity contribution < 1.29 is 0 Å². The summed E-state index contributed by atoms with van der Waals surface area (Å²) in [6.07, 6.45) is 0. The standard InChI is InChI=1S/C14H32P2S2/c1-12(2,3)15(10,17)11-16(18,13(4,5)6)14(7,8)9/h11H2,1-10H3/t15-/m1/s1. The van der Waals surface area contributed by atoms with Crippen molar-refractivity contribution in [1.29, 1.82) is 0 Å². The average molecular weight is 326 g/mol. The Morgan fingerprint density at radius 3 is 1.11 bits per heavy atom. The van der Waals surface area contributed by atoms with Crippen LogP contribution in [-0.2, 0) is 23.6 Å². The molecule has 0 aromatic heterocycles. The van der Waals surface area contributed by atoms with Gasteiger partial charge in [-0.3, -0.25) is 0 Å². The van der Waals surface area contributed by atoms with E-state index in [4.69, 9.17) is 23.6 Å². The van der Waals surface area contributed by atoms with Crippen LogP contribution in [0.2, 0.25) is 0 Å². The highest BCUT2D eigenvalue weighted by Gasteiger charge is 2.45. The van der Waals surface area contributed by atoms with Gasteiger partial charge in [0.15, 0.2) is 0 Å². The molecule has 0 aliphatic carbocycles. The second-order valence-corrected chi connectivity index (χ2v) is 21.6. The Morgan fingerprint density at radius 1 is 0.667 bits per heavy atom. The van der Waals surface area contributed by atoms with Gasteiger partial charge in [-0.15, -0.1) is 0 Å². The SMILES string of the molecule is CC(C)(C)P(=S)(C[P@@](C)(=S)C(C)(C)C)C(C)(C)C. The van der Waals surface area contributed by atoms with Gasteiger partial charge in [0.1, 0.15) is 0 Å². The molecule has 0 N–H and O–H groups in total. The topological polar surface area (TPSA) is 0 Å². The van der Waals surface area contributed by atoms with E-state index < -0.39 is 12.1 Å². The van der Waals surface area contributed by atoms with Gasteiger partial charge in [-0.25, -0.2) is 0 Å². The molecule has 0 amide bonds. The minimum atomic E-state index is -1.53. The van der Waals surface area contributed by atoms with Crippen molar-refractivity contribution in [2.45, 2.75) is 77.8 Å². The molecule has 0 saturated carbocycles. The predicted octanol–water partition coefficient (Wildman–Crippen LogP) is 5.93. The first-order valence-corrected chi connectivity index (χ1v) is 13.0. The van der Waals surface area contributed by atoms with Crippen LogP contribution >= 0.6 is 12.1 Å². The van der Waals surface area contributed by atoms with E-state index in [9.17, 15) is 0 Å². The molecule has 0 aliphatic rings. The molecule has 1 atom stereocenters. The predicted molar refractivity (Wildman–Crippen MR) is 98.6 cm³/mol. The van der Waals surface area contributed by atoms with Crippen LogP contribution in [0.5, 0.6) is 0 Å². The van der Waals surface area contributed by atoms with Crippen LogP contribution in [0.3, 0.4) is 0 Å². The fraction of sp³-hybridized carbons (Fsp3) is 1.00. The summed E-state index contributed by atoms with van der Waals surface area (Å²) in [6, 6.07) is -2.94. The van der Waals surface area contributed by atoms with Gasteiger partial charge < -0.3 is 0 Å². The highest BCUT2D eigenvalue weighted by atomic mass is 32.5. The minimum absolute atomic E-state index is 0.200. The normalized spacial score (nSPS) is 18.6. The molecule has 0 fully saturated rings. The molecule has 0 rings (SSSR count). The van der Waals surface area contributed by atoms with Crippen LogP contribution in [0.4, 0.5) is 0 Å². The lowest BCUT2D eigenvalue weighted by Crippen LogP contribution is -2.32. The van der Waals surface area contributed by atoms with Crippen molar-refractivity contribution in [2.24, 2.45) is 0 Å². The summed E-state index contributed by atoms with van der Waals surface area (Å²) in [5.74, 6) is 1.11. The second kappa shape index (κ2) is 5.25. The number of hydrogen-bond donors (Lipinski definition) is 0. The molecular formula is C14H32P2S2. The third-order valence-corrected chi connectivity index (χ3v) is 22.0. The first-order valence-electron chi connectivity index (χ1n) is 6.62. The maximum atomic E-state index is 6.27. The molecule has 110 valence electrons. The molecule has 0 aromatic rings. The van der Waals surface area contributed by atoms with Crippen LogP contribution in [0.25, 0.3) is 0 Å². The Morgan fingerprint density at radius 2 is 0.944 bits per heavy atom. The van der Waals surface area contributed by atoms with Gasteiger partial charge in [0, 0.05) is 5.90 Å². The quantitative estimate of drug-likeness (QED) is 0.577. The van der Waals surface area contributed by atoms with Crippen LogP contribution < -0.4 is 0 Å². The van der Waals surface area contributed by atoms with Gasteiger partial charge in [0.05, 0.1) is 0 Å². The Kier molecular flexibility index (Phi) is 5.63. The van der Waals surface area contributed by atoms with E-state index in [1.807, 2.05) is 0 Å². The molecule has 0 radical (unpaired) electrons. The first-order chi connectivity index (χ1) is 7.46. The highest BCUT2D eigenvalue weighted by molar-refractivity contribution is 8.25. The van der Waals surface area contributed by atoms with E-state index in [0.29, 0.717) is 0 Å². The molecule has 0 spiro atoms. The Hall–Kier alpha value is 1.30. The lowest BCUT2D eigenvalue weighted by Gasteiger charge is -2.49. The van der Waals surface area contributed by atoms with Gasteiger partial charge in [-0.05, 0) is 34.2 Å². The summed E-state index contributed by atoms with van der Waals surface area (Å²) in [5.41, 5.74) is 0. The van der Waals surface area contributed by atoms with Gasteiger partial charge in [0.2, 0.25) is 0 Å². The van der Waals surface area contributed by atoms with Crippen LogP contribution in [0, 0.1) is 0 Å². The van der Waals surface area contributed by atoms with E-state index >= 15 is 0 Å². The van der Waals surface area contributed by atoms with Gasteiger partial charge in [-0.2, -0.15) is 0 Å². The highest BCUT2D eigenvalue weighted by Crippen LogP contribution is 2.75. The van der Waals surface area contributed by atoms with Crippen molar-refractivity contribution in [1.82, 2.24) is 0 Å². The van der Waals surface area contributed by atoms with Crippen LogP contribution in [-0.4, -0.2) is 28.0 Å². The molecular weight excluding hydrogens is 294 g/mol. The third kappa shape index (κ3) is 3.91. The van der Waals surface area contributed by atoms with Crippen molar-refractivity contribution >= 4 is 35.7 Å². The molecule has 0 saturated heterocycles. The van der Waals surface area contributed by atoms with E-state index in [2.05, 4.69) is 69.0 Å². The first kappa shape index (κ1) is 19.3. The van der Waals surface area contributed by atoms with Crippen molar-refractivity contribution in [3.8, 4) is 0 Å². The zero-order chi connectivity index (χ0) is 15.2. The van der Waals surface area contributed by atoms with E-state index in [1.165, 1.54) is 0 Å². The summed E-state index contributed by atoms with van der Waals surface area (Å²) >= 11 is 12.3. The molecule has 0 nitrogen and oxygen atoms in total. The zero-order valence-corrected chi connectivity index (χ0v) is 17.3. The minimum Gasteiger partial charge on any atom is -0.0968 e. The number of rotatable bonds is 2. The van der Waals surface area contributed by atoms with Crippen molar-refractivity contribution in [2.75, 3.05) is 12.6 Å². The van der Waals surface area contributed by atoms with Gasteiger partial charge in [-0.1, -0.05) is 85.9 Å². The smallest absolute Gasteiger partial charge is 0.00725 e. The van der Waals surface area contributed by atoms with E-state index in [1.54, 1.807) is 0 Å². The maximum absolute atomic E-state index is 6.27. The van der Waals surface area contributed by atoms with Crippen LogP contribution in [0.1, 0.15) is 62.3 Å². The Balaban J connectivity index is 5.75. The summed E-state index contributed by atoms with van der Waals surface area (Å²) in [7, 11) is 0. The fourth-order valence-corrected chi connectivity index (χ4v) is 16.5. The largest absolute Gasteiger partial charge is 0.0968 e. The molecule has 0 heterocycles. The molecule has 0 aliphatic heterocycles. The van der Waals surface area contributed by atoms with Crippen molar-refractivity contribution in [3.05, 3.63) is 0 Å². The summed E-state index contributed by atoms with van der Waals surface area (Å²) in [5, 5.41) is 0.626. The second-order valence-electron chi connectivity index (χ2n) is 8.49. The number of hydrogen-bond acceptors (Lipinski definition) is 2. The molecule has 0 aromatic carbocycles. The molecule has 18 heavy (non-hydrogen) atoms. The fourth-order valence-electron chi connectivity index (χ4n) is 2.02. The molecule has 0 unspecified atom stereocenters. The monoisotopic (exact) mass is 326 g/mol. The lowest BCUT2D eigenvalue weighted by molar-refractivity contribution is 0.705. The Bertz CT molecular complexity index is 371. The third-order valence-electron chi connectivity index (χ3n) is 4.06. The maximum Gasteiger partial charge on any atom is 0.00725 e. The van der Waals surface area contributed by atoms with Crippen molar-refractivity contribution in [3.63, 3.8) is 0 Å². The summed E-state index contributed by atoms with van der Waals surface area (Å²) < 4.78 is 0. The summed E-state index contributed by atoms with van der Waals surface area (Å²) in [4.78, 5) is 0. The van der Waals surface area contributed by atoms with E-state index in [-0.39, 0.29) is 15.5 Å². The lowest BCUT2D eigenvalue weighted by atomic mass is 10.2. The average Bonchev–Trinajstić information content (AvgIpc) is 1.95. The molecule has 4 heteroatoms. The van der Waals surface area contributed by atoms with Gasteiger partial charge in [0.25, 0.3) is 0 Å². The van der Waals surface area contributed by atoms with Crippen LogP contribution in [0.15, 0.2) is 0 Å². The Labute approximate surface area is 126 Å². The van der Waals surface area contributed by atoms with E-state index in [0.717, 1.165) is 5.90 Å². The summed E-state index contributed by atoms with van der Waals surface area (Å²) in [6.45, 7) is 23.1. The van der Waals surface area contributed by atoms with Gasteiger partial charge >= 0.3 is 0 Å². The molecule has 0 bridgehead atoms.